The predicted molar refractivity (Wildman–Crippen MR) is 131 cm³/mol. The largest absolute Gasteiger partial charge is 0.496 e. The summed E-state index contributed by atoms with van der Waals surface area (Å²) >= 11 is 0. The Kier molecular flexibility index (Phi) is 5.85. The van der Waals surface area contributed by atoms with Crippen molar-refractivity contribution in [3.05, 3.63) is 65.9 Å². The summed E-state index contributed by atoms with van der Waals surface area (Å²) in [7, 11) is 3.40. The van der Waals surface area contributed by atoms with Crippen molar-refractivity contribution in [3.63, 3.8) is 0 Å². The second kappa shape index (κ2) is 9.11. The number of hydrogen-bond acceptors (Lipinski definition) is 7. The number of anilines is 2. The van der Waals surface area contributed by atoms with Gasteiger partial charge in [-0.1, -0.05) is 12.1 Å². The maximum Gasteiger partial charge on any atom is 0.260 e. The quantitative estimate of drug-likeness (QED) is 0.404. The number of carbonyl (C=O) groups excluding carboxylic acids is 1. The topological polar surface area (TPSA) is 105 Å². The van der Waals surface area contributed by atoms with Crippen molar-refractivity contribution >= 4 is 23.1 Å². The van der Waals surface area contributed by atoms with E-state index in [1.54, 1.807) is 31.6 Å². The van der Waals surface area contributed by atoms with Crippen LogP contribution in [0.2, 0.25) is 0 Å². The van der Waals surface area contributed by atoms with Crippen LogP contribution in [0.3, 0.4) is 0 Å². The molecule has 4 aromatic rings. The zero-order valence-corrected chi connectivity index (χ0v) is 19.4. The number of carbonyl (C=O) groups is 1. The maximum absolute atomic E-state index is 12.9. The third kappa shape index (κ3) is 3.94. The second-order valence-corrected chi connectivity index (χ2v) is 8.30. The molecular formula is C25H27N7O2. The van der Waals surface area contributed by atoms with Gasteiger partial charge in [0, 0.05) is 31.2 Å². The van der Waals surface area contributed by atoms with Crippen molar-refractivity contribution < 1.29 is 9.53 Å². The van der Waals surface area contributed by atoms with Crippen molar-refractivity contribution in [1.29, 1.82) is 0 Å². The summed E-state index contributed by atoms with van der Waals surface area (Å²) in [6.45, 7) is 2.93. The lowest BCUT2D eigenvalue weighted by atomic mass is 10.1. The molecule has 0 saturated carbocycles. The minimum absolute atomic E-state index is 0.183. The number of ether oxygens (including phenoxy) is 1. The monoisotopic (exact) mass is 457 g/mol. The zero-order chi connectivity index (χ0) is 23.7. The Morgan fingerprint density at radius 1 is 1.24 bits per heavy atom. The van der Waals surface area contributed by atoms with Crippen LogP contribution < -0.4 is 20.7 Å². The van der Waals surface area contributed by atoms with E-state index in [-0.39, 0.29) is 11.9 Å². The number of rotatable bonds is 6. The molecule has 3 aromatic heterocycles. The lowest BCUT2D eigenvalue weighted by Crippen LogP contribution is -2.16. The normalized spacial score (nSPS) is 15.4. The van der Waals surface area contributed by atoms with Crippen molar-refractivity contribution in [2.24, 2.45) is 0 Å². The molecule has 1 saturated heterocycles. The molecule has 0 bridgehead atoms. The Balaban J connectivity index is 1.56. The van der Waals surface area contributed by atoms with E-state index in [1.807, 2.05) is 38.4 Å². The number of fused-ring (bicyclic) bond motifs is 1. The summed E-state index contributed by atoms with van der Waals surface area (Å²) in [5.74, 6) is 2.34. The number of hydrogen-bond donors (Lipinski definition) is 3. The van der Waals surface area contributed by atoms with E-state index >= 15 is 0 Å². The first-order chi connectivity index (χ1) is 16.6. The first kappa shape index (κ1) is 21.8. The van der Waals surface area contributed by atoms with Gasteiger partial charge in [0.15, 0.2) is 5.82 Å². The molecule has 1 amide bonds. The molecule has 1 fully saturated rings. The molecule has 1 aromatic carbocycles. The number of aryl methyl sites for hydroxylation is 1. The van der Waals surface area contributed by atoms with Crippen molar-refractivity contribution in [2.75, 3.05) is 31.3 Å². The standard InChI is InChI=1S/C25H27N7O2/c1-15-6-9-20(29-14-15)30-25(33)17-8-7-16(13-19(17)34-3)21-22-23(26-2)28-11-12-32(22)24(31-21)18-5-4-10-27-18/h6-9,11-14,18,27H,4-5,10H2,1-3H3,(H,26,28)(H,29,30,33). The second-order valence-electron chi connectivity index (χ2n) is 8.30. The molecule has 3 N–H and O–H groups in total. The molecule has 0 spiro atoms. The minimum atomic E-state index is -0.289. The van der Waals surface area contributed by atoms with Gasteiger partial charge in [0.25, 0.3) is 5.91 Å². The minimum Gasteiger partial charge on any atom is -0.496 e. The number of amides is 1. The highest BCUT2D eigenvalue weighted by Gasteiger charge is 2.25. The summed E-state index contributed by atoms with van der Waals surface area (Å²) in [6, 6.07) is 9.35. The lowest BCUT2D eigenvalue weighted by molar-refractivity contribution is 0.102. The summed E-state index contributed by atoms with van der Waals surface area (Å²) in [5, 5.41) is 9.54. The van der Waals surface area contributed by atoms with Crippen LogP contribution in [0.15, 0.2) is 48.9 Å². The molecule has 4 heterocycles. The average Bonchev–Trinajstić information content (AvgIpc) is 3.53. The van der Waals surface area contributed by atoms with Gasteiger partial charge in [-0.15, -0.1) is 0 Å². The predicted octanol–water partition coefficient (Wildman–Crippen LogP) is 3.83. The maximum atomic E-state index is 12.9. The number of imidazole rings is 1. The van der Waals surface area contributed by atoms with Gasteiger partial charge in [-0.05, 0) is 50.1 Å². The molecule has 1 aliphatic rings. The molecule has 0 aliphatic carbocycles. The number of aromatic nitrogens is 4. The number of nitrogens with zero attached hydrogens (tertiary/aromatic N) is 4. The Hall–Kier alpha value is -3.98. The van der Waals surface area contributed by atoms with Gasteiger partial charge in [-0.2, -0.15) is 0 Å². The Labute approximate surface area is 197 Å². The Morgan fingerprint density at radius 2 is 2.12 bits per heavy atom. The van der Waals surface area contributed by atoms with Crippen LogP contribution in [0.1, 0.15) is 40.6 Å². The molecule has 5 rings (SSSR count). The van der Waals surface area contributed by atoms with E-state index in [0.717, 1.165) is 53.4 Å². The van der Waals surface area contributed by atoms with Gasteiger partial charge in [-0.25, -0.2) is 15.0 Å². The van der Waals surface area contributed by atoms with Gasteiger partial charge in [0.05, 0.1) is 18.7 Å². The van der Waals surface area contributed by atoms with Crippen LogP contribution in [0.25, 0.3) is 16.8 Å². The highest BCUT2D eigenvalue weighted by molar-refractivity contribution is 6.06. The molecule has 1 unspecified atom stereocenters. The van der Waals surface area contributed by atoms with Gasteiger partial charge in [0.1, 0.15) is 28.6 Å². The van der Waals surface area contributed by atoms with E-state index in [0.29, 0.717) is 17.1 Å². The van der Waals surface area contributed by atoms with Crippen LogP contribution in [0, 0.1) is 6.92 Å². The smallest absolute Gasteiger partial charge is 0.260 e. The fraction of sp³-hybridized carbons (Fsp3) is 0.280. The van der Waals surface area contributed by atoms with Crippen LogP contribution in [0.4, 0.5) is 11.6 Å². The van der Waals surface area contributed by atoms with E-state index in [4.69, 9.17) is 9.72 Å². The van der Waals surface area contributed by atoms with Gasteiger partial charge >= 0.3 is 0 Å². The summed E-state index contributed by atoms with van der Waals surface area (Å²) in [5.41, 5.74) is 3.95. The van der Waals surface area contributed by atoms with Crippen molar-refractivity contribution in [1.82, 2.24) is 24.7 Å². The molecule has 34 heavy (non-hydrogen) atoms. The molecule has 9 nitrogen and oxygen atoms in total. The molecule has 9 heteroatoms. The molecule has 1 atom stereocenters. The SMILES string of the molecule is CNc1nccn2c(C3CCCN3)nc(-c3ccc(C(=O)Nc4ccc(C)cn4)c(OC)c3)c12. The lowest BCUT2D eigenvalue weighted by Gasteiger charge is -2.11. The van der Waals surface area contributed by atoms with Crippen LogP contribution in [0.5, 0.6) is 5.75 Å². The summed E-state index contributed by atoms with van der Waals surface area (Å²) in [4.78, 5) is 26.7. The number of benzene rings is 1. The van der Waals surface area contributed by atoms with E-state index in [2.05, 4.69) is 30.3 Å². The van der Waals surface area contributed by atoms with E-state index in [9.17, 15) is 4.79 Å². The van der Waals surface area contributed by atoms with Crippen molar-refractivity contribution in [2.45, 2.75) is 25.8 Å². The van der Waals surface area contributed by atoms with Crippen molar-refractivity contribution in [3.8, 4) is 17.0 Å². The molecule has 1 aliphatic heterocycles. The molecular weight excluding hydrogens is 430 g/mol. The number of nitrogens with one attached hydrogen (secondary N) is 3. The Morgan fingerprint density at radius 3 is 2.82 bits per heavy atom. The molecule has 0 radical (unpaired) electrons. The van der Waals surface area contributed by atoms with E-state index < -0.39 is 0 Å². The van der Waals surface area contributed by atoms with Crippen LogP contribution >= 0.6 is 0 Å². The number of methoxy groups -OCH3 is 1. The van der Waals surface area contributed by atoms with Crippen LogP contribution in [-0.4, -0.2) is 46.0 Å². The summed E-state index contributed by atoms with van der Waals surface area (Å²) < 4.78 is 7.69. The zero-order valence-electron chi connectivity index (χ0n) is 19.4. The molecule has 174 valence electrons. The average molecular weight is 458 g/mol. The fourth-order valence-electron chi connectivity index (χ4n) is 4.35. The fourth-order valence-corrected chi connectivity index (χ4v) is 4.35. The first-order valence-electron chi connectivity index (χ1n) is 11.3. The highest BCUT2D eigenvalue weighted by Crippen LogP contribution is 2.35. The van der Waals surface area contributed by atoms with Gasteiger partial charge < -0.3 is 20.7 Å². The first-order valence-corrected chi connectivity index (χ1v) is 11.3. The number of pyridine rings is 1. The Bertz CT molecular complexity index is 1340. The third-order valence-electron chi connectivity index (χ3n) is 6.06. The third-order valence-corrected chi connectivity index (χ3v) is 6.06. The summed E-state index contributed by atoms with van der Waals surface area (Å²) in [6.07, 6.45) is 7.58. The van der Waals surface area contributed by atoms with Gasteiger partial charge in [-0.3, -0.25) is 9.20 Å². The highest BCUT2D eigenvalue weighted by atomic mass is 16.5. The van der Waals surface area contributed by atoms with E-state index in [1.165, 1.54) is 0 Å². The van der Waals surface area contributed by atoms with Gasteiger partial charge in [0.2, 0.25) is 0 Å². The van der Waals surface area contributed by atoms with Crippen LogP contribution in [-0.2, 0) is 0 Å².